The van der Waals surface area contributed by atoms with Crippen LogP contribution >= 0.6 is 11.3 Å². The Balaban J connectivity index is 1.65. The Bertz CT molecular complexity index is 612. The van der Waals surface area contributed by atoms with Crippen molar-refractivity contribution in [1.82, 2.24) is 4.90 Å². The van der Waals surface area contributed by atoms with Crippen molar-refractivity contribution in [2.45, 2.75) is 51.0 Å². The number of piperidine rings is 1. The number of aliphatic hydroxyl groups is 1. The summed E-state index contributed by atoms with van der Waals surface area (Å²) in [4.78, 5) is 15.6. The van der Waals surface area contributed by atoms with Crippen molar-refractivity contribution in [3.8, 4) is 6.07 Å². The summed E-state index contributed by atoms with van der Waals surface area (Å²) >= 11 is 1.58. The van der Waals surface area contributed by atoms with Gasteiger partial charge in [-0.15, -0.1) is 11.3 Å². The van der Waals surface area contributed by atoms with Gasteiger partial charge in [0, 0.05) is 18.0 Å². The number of fused-ring (bicyclic) bond motifs is 1. The molecular formula is C17H23N3O2S. The minimum absolute atomic E-state index is 0.0608. The molecule has 1 aliphatic carbocycles. The molecule has 1 amide bonds. The van der Waals surface area contributed by atoms with E-state index < -0.39 is 0 Å². The second kappa shape index (κ2) is 7.43. The number of carbonyl (C=O) groups excluding carboxylic acids is 1. The maximum atomic E-state index is 12.3. The van der Waals surface area contributed by atoms with Gasteiger partial charge in [-0.3, -0.25) is 9.69 Å². The van der Waals surface area contributed by atoms with E-state index >= 15 is 0 Å². The predicted molar refractivity (Wildman–Crippen MR) is 90.6 cm³/mol. The number of aryl methyl sites for hydroxylation is 1. The average Bonchev–Trinajstić information content (AvgIpc) is 2.69. The Morgan fingerprint density at radius 3 is 2.78 bits per heavy atom. The van der Waals surface area contributed by atoms with E-state index in [1.54, 1.807) is 11.3 Å². The van der Waals surface area contributed by atoms with Crippen LogP contribution in [0.1, 0.15) is 48.1 Å². The minimum atomic E-state index is -0.229. The SMILES string of the molecule is N#Cc1c(NC(=O)CN2CCC(O)CC2)sc2c1CCCCC2. The molecule has 1 aliphatic heterocycles. The van der Waals surface area contributed by atoms with Gasteiger partial charge >= 0.3 is 0 Å². The summed E-state index contributed by atoms with van der Waals surface area (Å²) < 4.78 is 0. The predicted octanol–water partition coefficient (Wildman–Crippen LogP) is 2.28. The Kier molecular flexibility index (Phi) is 5.31. The molecule has 6 heteroatoms. The molecule has 1 fully saturated rings. The Morgan fingerprint density at radius 2 is 2.04 bits per heavy atom. The number of aliphatic hydroxyl groups excluding tert-OH is 1. The van der Waals surface area contributed by atoms with Crippen LogP contribution in [0.4, 0.5) is 5.00 Å². The Labute approximate surface area is 140 Å². The molecule has 0 radical (unpaired) electrons. The third-order valence-corrected chi connectivity index (χ3v) is 5.92. The summed E-state index contributed by atoms with van der Waals surface area (Å²) in [6, 6.07) is 2.30. The van der Waals surface area contributed by atoms with Crippen LogP contribution in [0.25, 0.3) is 0 Å². The van der Waals surface area contributed by atoms with Gasteiger partial charge in [0.15, 0.2) is 0 Å². The summed E-state index contributed by atoms with van der Waals surface area (Å²) in [5.41, 5.74) is 1.83. The summed E-state index contributed by atoms with van der Waals surface area (Å²) in [6.45, 7) is 1.83. The lowest BCUT2D eigenvalue weighted by Crippen LogP contribution is -2.40. The summed E-state index contributed by atoms with van der Waals surface area (Å²) in [6.07, 6.45) is 6.71. The van der Waals surface area contributed by atoms with Gasteiger partial charge in [-0.2, -0.15) is 5.26 Å². The van der Waals surface area contributed by atoms with E-state index in [1.165, 1.54) is 17.7 Å². The number of nitrogens with one attached hydrogen (secondary N) is 1. The normalized spacial score (nSPS) is 19.7. The van der Waals surface area contributed by atoms with Crippen molar-refractivity contribution in [3.63, 3.8) is 0 Å². The molecule has 0 bridgehead atoms. The zero-order valence-electron chi connectivity index (χ0n) is 13.3. The third-order valence-electron chi connectivity index (χ3n) is 4.71. The van der Waals surface area contributed by atoms with Gasteiger partial charge in [-0.25, -0.2) is 0 Å². The molecule has 2 aliphatic rings. The number of amides is 1. The molecule has 0 saturated carbocycles. The van der Waals surface area contributed by atoms with Crippen LogP contribution in [-0.4, -0.2) is 41.7 Å². The molecular weight excluding hydrogens is 310 g/mol. The molecule has 2 N–H and O–H groups in total. The van der Waals surface area contributed by atoms with Crippen molar-refractivity contribution in [2.24, 2.45) is 0 Å². The van der Waals surface area contributed by atoms with E-state index in [4.69, 9.17) is 0 Å². The zero-order chi connectivity index (χ0) is 16.2. The zero-order valence-corrected chi connectivity index (χ0v) is 14.1. The summed E-state index contributed by atoms with van der Waals surface area (Å²) in [7, 11) is 0. The van der Waals surface area contributed by atoms with Gasteiger partial charge in [-0.1, -0.05) is 6.42 Å². The minimum Gasteiger partial charge on any atom is -0.393 e. The summed E-state index contributed by atoms with van der Waals surface area (Å²) in [5, 5.41) is 22.7. The van der Waals surface area contributed by atoms with Gasteiger partial charge in [0.2, 0.25) is 5.91 Å². The molecule has 0 spiro atoms. The van der Waals surface area contributed by atoms with Gasteiger partial charge < -0.3 is 10.4 Å². The lowest BCUT2D eigenvalue weighted by Gasteiger charge is -2.28. The first kappa shape index (κ1) is 16.4. The van der Waals surface area contributed by atoms with E-state index in [0.717, 1.165) is 55.8 Å². The fourth-order valence-corrected chi connectivity index (χ4v) is 4.65. The van der Waals surface area contributed by atoms with Gasteiger partial charge in [0.1, 0.15) is 11.1 Å². The van der Waals surface area contributed by atoms with Crippen LogP contribution in [0.3, 0.4) is 0 Å². The average molecular weight is 333 g/mol. The van der Waals surface area contributed by atoms with Crippen LogP contribution in [0.2, 0.25) is 0 Å². The Hall–Kier alpha value is -1.42. The highest BCUT2D eigenvalue weighted by Gasteiger charge is 2.23. The summed E-state index contributed by atoms with van der Waals surface area (Å²) in [5.74, 6) is -0.0608. The monoisotopic (exact) mass is 333 g/mol. The fourth-order valence-electron chi connectivity index (χ4n) is 3.40. The second-order valence-electron chi connectivity index (χ2n) is 6.44. The van der Waals surface area contributed by atoms with Crippen LogP contribution < -0.4 is 5.32 Å². The van der Waals surface area contributed by atoms with Gasteiger partial charge in [0.05, 0.1) is 18.2 Å². The number of anilines is 1. The van der Waals surface area contributed by atoms with Crippen LogP contribution in [0, 0.1) is 11.3 Å². The van der Waals surface area contributed by atoms with Crippen molar-refractivity contribution in [2.75, 3.05) is 25.0 Å². The molecule has 1 saturated heterocycles. The van der Waals surface area contributed by atoms with Gasteiger partial charge in [0.25, 0.3) is 0 Å². The number of carbonyl (C=O) groups is 1. The van der Waals surface area contributed by atoms with Crippen molar-refractivity contribution >= 4 is 22.2 Å². The lowest BCUT2D eigenvalue weighted by molar-refractivity contribution is -0.117. The third kappa shape index (κ3) is 3.92. The van der Waals surface area contributed by atoms with Crippen LogP contribution in [0.15, 0.2) is 0 Å². The first-order valence-electron chi connectivity index (χ1n) is 8.42. The van der Waals surface area contributed by atoms with E-state index in [2.05, 4.69) is 16.3 Å². The van der Waals surface area contributed by atoms with E-state index in [0.29, 0.717) is 12.1 Å². The largest absolute Gasteiger partial charge is 0.393 e. The Morgan fingerprint density at radius 1 is 1.30 bits per heavy atom. The first-order chi connectivity index (χ1) is 11.2. The number of nitriles is 1. The second-order valence-corrected chi connectivity index (χ2v) is 7.54. The highest BCUT2D eigenvalue weighted by atomic mass is 32.1. The molecule has 124 valence electrons. The van der Waals surface area contributed by atoms with Crippen LogP contribution in [-0.2, 0) is 17.6 Å². The fraction of sp³-hybridized carbons (Fsp3) is 0.647. The van der Waals surface area contributed by atoms with Crippen molar-refractivity contribution in [3.05, 3.63) is 16.0 Å². The molecule has 2 heterocycles. The highest BCUT2D eigenvalue weighted by molar-refractivity contribution is 7.16. The number of likely N-dealkylation sites (tertiary alicyclic amines) is 1. The molecule has 0 unspecified atom stereocenters. The van der Waals surface area contributed by atoms with E-state index in [9.17, 15) is 15.2 Å². The molecule has 5 nitrogen and oxygen atoms in total. The quantitative estimate of drug-likeness (QED) is 0.832. The molecule has 0 atom stereocenters. The number of rotatable bonds is 3. The number of nitrogens with zero attached hydrogens (tertiary/aromatic N) is 2. The van der Waals surface area contributed by atoms with Crippen molar-refractivity contribution in [1.29, 1.82) is 5.26 Å². The number of hydrogen-bond donors (Lipinski definition) is 2. The maximum absolute atomic E-state index is 12.3. The maximum Gasteiger partial charge on any atom is 0.239 e. The molecule has 1 aromatic heterocycles. The smallest absolute Gasteiger partial charge is 0.239 e. The number of thiophene rings is 1. The van der Waals surface area contributed by atoms with Crippen molar-refractivity contribution < 1.29 is 9.90 Å². The first-order valence-corrected chi connectivity index (χ1v) is 9.24. The molecule has 0 aromatic carbocycles. The topological polar surface area (TPSA) is 76.4 Å². The van der Waals surface area contributed by atoms with Crippen LogP contribution in [0.5, 0.6) is 0 Å². The van der Waals surface area contributed by atoms with E-state index in [-0.39, 0.29) is 12.0 Å². The van der Waals surface area contributed by atoms with Gasteiger partial charge in [-0.05, 0) is 44.1 Å². The number of hydrogen-bond acceptors (Lipinski definition) is 5. The molecule has 23 heavy (non-hydrogen) atoms. The molecule has 3 rings (SSSR count). The lowest BCUT2D eigenvalue weighted by atomic mass is 10.1. The molecule has 1 aromatic rings. The van der Waals surface area contributed by atoms with E-state index in [1.807, 2.05) is 0 Å². The standard InChI is InChI=1S/C17H23N3O2S/c18-10-14-13-4-2-1-3-5-15(13)23-17(14)19-16(22)11-20-8-6-12(21)7-9-20/h12,21H,1-9,11H2,(H,19,22). The highest BCUT2D eigenvalue weighted by Crippen LogP contribution is 2.36.